The summed E-state index contributed by atoms with van der Waals surface area (Å²) in [5.74, 6) is -0.935. The van der Waals surface area contributed by atoms with Gasteiger partial charge in [0.25, 0.3) is 5.91 Å². The summed E-state index contributed by atoms with van der Waals surface area (Å²) in [5, 5.41) is 12.5. The Morgan fingerprint density at radius 3 is 2.41 bits per heavy atom. The van der Waals surface area contributed by atoms with Crippen LogP contribution in [-0.2, 0) is 34.1 Å². The van der Waals surface area contributed by atoms with Crippen LogP contribution in [0.3, 0.4) is 0 Å². The van der Waals surface area contributed by atoms with E-state index in [0.717, 1.165) is 59.4 Å². The van der Waals surface area contributed by atoms with Crippen LogP contribution in [-0.4, -0.2) is 42.0 Å². The van der Waals surface area contributed by atoms with Gasteiger partial charge in [-0.05, 0) is 88.0 Å². The van der Waals surface area contributed by atoms with Crippen LogP contribution in [0.1, 0.15) is 98.8 Å². The Hall–Kier alpha value is -2.30. The Balaban J connectivity index is 1.48. The average Bonchev–Trinajstić information content (AvgIpc) is 3.47. The van der Waals surface area contributed by atoms with Crippen molar-refractivity contribution >= 4 is 33.2 Å². The Morgan fingerprint density at radius 1 is 1.05 bits per heavy atom. The van der Waals surface area contributed by atoms with Crippen molar-refractivity contribution in [3.63, 3.8) is 0 Å². The van der Waals surface area contributed by atoms with Crippen molar-refractivity contribution in [1.29, 1.82) is 0 Å². The van der Waals surface area contributed by atoms with Crippen molar-refractivity contribution in [2.24, 2.45) is 11.8 Å². The van der Waals surface area contributed by atoms with Crippen molar-refractivity contribution in [2.45, 2.75) is 108 Å². The minimum atomic E-state index is -3.67. The van der Waals surface area contributed by atoms with Gasteiger partial charge >= 0.3 is 5.97 Å². The molecule has 0 spiro atoms. The molecule has 0 bridgehead atoms. The highest BCUT2D eigenvalue weighted by molar-refractivity contribution is 7.89. The Bertz CT molecular complexity index is 1360. The molecular weight excluding hydrogens is 534 g/mol. The first-order valence-electron chi connectivity index (χ1n) is 14.1. The fraction of sp³-hybridized carbons (Fsp3) is 0.621. The normalized spacial score (nSPS) is 21.8. The number of sulfonamides is 1. The van der Waals surface area contributed by atoms with Gasteiger partial charge in [-0.25, -0.2) is 18.1 Å². The standard InChI is InChI=1S/C29H39N3O5S2/c1-29(2,3)32-39(36,37)24-13-12-22(20-10-7-11-21(20)24)25-23(14-17-8-5-4-6-9-17)31-27(38-25)26(33)30-19-15-18(16-19)28(34)35/h12-13,17-19,32H,4-11,14-16H2,1-3H3,(H,30,33)(H,34,35)/t18-,19-. The van der Waals surface area contributed by atoms with Crippen molar-refractivity contribution in [3.05, 3.63) is 34.0 Å². The summed E-state index contributed by atoms with van der Waals surface area (Å²) >= 11 is 1.38. The topological polar surface area (TPSA) is 125 Å². The minimum absolute atomic E-state index is 0.142. The molecule has 0 saturated heterocycles. The number of hydrogen-bond acceptors (Lipinski definition) is 6. The van der Waals surface area contributed by atoms with E-state index in [1.165, 1.54) is 30.6 Å². The van der Waals surface area contributed by atoms with E-state index in [1.54, 1.807) is 6.07 Å². The summed E-state index contributed by atoms with van der Waals surface area (Å²) in [6, 6.07) is 3.49. The van der Waals surface area contributed by atoms with Crippen molar-refractivity contribution in [1.82, 2.24) is 15.0 Å². The number of aliphatic carboxylic acids is 1. The smallest absolute Gasteiger partial charge is 0.306 e. The molecule has 39 heavy (non-hydrogen) atoms. The first kappa shape index (κ1) is 28.2. The quantitative estimate of drug-likeness (QED) is 0.404. The van der Waals surface area contributed by atoms with Gasteiger partial charge in [-0.3, -0.25) is 9.59 Å². The number of carboxylic acids is 1. The maximum absolute atomic E-state index is 13.3. The molecule has 0 radical (unpaired) electrons. The number of carbonyl (C=O) groups is 2. The van der Waals surface area contributed by atoms with Gasteiger partial charge in [0.1, 0.15) is 0 Å². The Morgan fingerprint density at radius 2 is 1.74 bits per heavy atom. The average molecular weight is 574 g/mol. The molecule has 0 aliphatic heterocycles. The Labute approximate surface area is 235 Å². The third-order valence-electron chi connectivity index (χ3n) is 8.14. The second kappa shape index (κ2) is 10.9. The van der Waals surface area contributed by atoms with Gasteiger partial charge in [-0.2, -0.15) is 0 Å². The van der Waals surface area contributed by atoms with Crippen LogP contribution in [0.15, 0.2) is 17.0 Å². The van der Waals surface area contributed by atoms with Crippen LogP contribution >= 0.6 is 11.3 Å². The molecule has 10 heteroatoms. The fourth-order valence-corrected chi connectivity index (χ4v) is 9.00. The molecular formula is C29H39N3O5S2. The number of nitrogens with zero attached hydrogens (tertiary/aromatic N) is 1. The van der Waals surface area contributed by atoms with Gasteiger partial charge in [0, 0.05) is 11.6 Å². The largest absolute Gasteiger partial charge is 0.481 e. The summed E-state index contributed by atoms with van der Waals surface area (Å²) in [5.41, 5.74) is 3.26. The number of hydrogen-bond donors (Lipinski definition) is 3. The first-order chi connectivity index (χ1) is 18.4. The van der Waals surface area contributed by atoms with Gasteiger partial charge in [0.05, 0.1) is 21.4 Å². The molecule has 2 fully saturated rings. The van der Waals surface area contributed by atoms with Crippen LogP contribution in [0.25, 0.3) is 10.4 Å². The lowest BCUT2D eigenvalue weighted by atomic mass is 9.80. The number of benzene rings is 1. The number of thiazole rings is 1. The predicted octanol–water partition coefficient (Wildman–Crippen LogP) is 5.09. The number of carboxylic acid groups (broad SMARTS) is 1. The van der Waals surface area contributed by atoms with Crippen LogP contribution < -0.4 is 10.0 Å². The van der Waals surface area contributed by atoms with E-state index in [-0.39, 0.29) is 11.9 Å². The zero-order chi connectivity index (χ0) is 27.9. The van der Waals surface area contributed by atoms with E-state index >= 15 is 0 Å². The monoisotopic (exact) mass is 573 g/mol. The molecule has 1 aromatic heterocycles. The number of aromatic nitrogens is 1. The number of carbonyl (C=O) groups excluding carboxylic acids is 1. The lowest BCUT2D eigenvalue weighted by Crippen LogP contribution is -2.46. The van der Waals surface area contributed by atoms with Gasteiger partial charge in [0.15, 0.2) is 5.01 Å². The van der Waals surface area contributed by atoms with Crippen molar-refractivity contribution in [3.8, 4) is 10.4 Å². The molecule has 1 heterocycles. The molecule has 1 amide bonds. The highest BCUT2D eigenvalue weighted by Crippen LogP contribution is 2.42. The number of amides is 1. The fourth-order valence-electron chi connectivity index (χ4n) is 6.24. The summed E-state index contributed by atoms with van der Waals surface area (Å²) in [4.78, 5) is 30.5. The molecule has 3 N–H and O–H groups in total. The van der Waals surface area contributed by atoms with E-state index in [9.17, 15) is 18.0 Å². The third kappa shape index (κ3) is 6.23. The zero-order valence-electron chi connectivity index (χ0n) is 23.0. The number of nitrogens with one attached hydrogen (secondary N) is 2. The molecule has 8 nitrogen and oxygen atoms in total. The summed E-state index contributed by atoms with van der Waals surface area (Å²) < 4.78 is 29.3. The van der Waals surface area contributed by atoms with Crippen LogP contribution in [0.4, 0.5) is 0 Å². The molecule has 2 aromatic rings. The predicted molar refractivity (Wildman–Crippen MR) is 152 cm³/mol. The lowest BCUT2D eigenvalue weighted by molar-refractivity contribution is -0.145. The highest BCUT2D eigenvalue weighted by atomic mass is 32.2. The molecule has 3 aliphatic rings. The number of rotatable bonds is 8. The maximum atomic E-state index is 13.3. The molecule has 212 valence electrons. The van der Waals surface area contributed by atoms with E-state index in [1.807, 2.05) is 26.8 Å². The molecule has 0 unspecified atom stereocenters. The third-order valence-corrected chi connectivity index (χ3v) is 11.1. The van der Waals surface area contributed by atoms with Crippen molar-refractivity contribution in [2.75, 3.05) is 0 Å². The molecule has 5 rings (SSSR count). The van der Waals surface area contributed by atoms with Crippen LogP contribution in [0, 0.1) is 11.8 Å². The van der Waals surface area contributed by atoms with E-state index in [2.05, 4.69) is 10.0 Å². The second-order valence-corrected chi connectivity index (χ2v) is 15.1. The Kier molecular flexibility index (Phi) is 7.92. The SMILES string of the molecule is CC(C)(C)NS(=O)(=O)c1ccc(-c2sc(C(=O)N[C@H]3C[C@H](C(=O)O)C3)nc2CC2CCCCC2)c2c1CCC2. The zero-order valence-corrected chi connectivity index (χ0v) is 24.6. The van der Waals surface area contributed by atoms with Gasteiger partial charge in [0.2, 0.25) is 10.0 Å². The molecule has 2 saturated carbocycles. The van der Waals surface area contributed by atoms with E-state index in [0.29, 0.717) is 35.1 Å². The van der Waals surface area contributed by atoms with Crippen LogP contribution in [0.2, 0.25) is 0 Å². The second-order valence-electron chi connectivity index (χ2n) is 12.5. The number of fused-ring (bicyclic) bond motifs is 1. The van der Waals surface area contributed by atoms with Gasteiger partial charge in [-0.1, -0.05) is 38.2 Å². The van der Waals surface area contributed by atoms with Gasteiger partial charge in [-0.15, -0.1) is 11.3 Å². The lowest BCUT2D eigenvalue weighted by Gasteiger charge is -2.32. The first-order valence-corrected chi connectivity index (χ1v) is 16.4. The summed E-state index contributed by atoms with van der Waals surface area (Å²) in [6.07, 6.45) is 10.1. The highest BCUT2D eigenvalue weighted by Gasteiger charge is 2.36. The van der Waals surface area contributed by atoms with Crippen LogP contribution in [0.5, 0.6) is 0 Å². The summed E-state index contributed by atoms with van der Waals surface area (Å²) in [6.45, 7) is 5.52. The van der Waals surface area contributed by atoms with Crippen molar-refractivity contribution < 1.29 is 23.1 Å². The molecule has 3 aliphatic carbocycles. The van der Waals surface area contributed by atoms with E-state index in [4.69, 9.17) is 10.1 Å². The summed E-state index contributed by atoms with van der Waals surface area (Å²) in [7, 11) is -3.67. The van der Waals surface area contributed by atoms with E-state index < -0.39 is 27.4 Å². The minimum Gasteiger partial charge on any atom is -0.481 e. The van der Waals surface area contributed by atoms with Gasteiger partial charge < -0.3 is 10.4 Å². The molecule has 0 atom stereocenters. The maximum Gasteiger partial charge on any atom is 0.306 e. The molecule has 1 aromatic carbocycles.